The summed E-state index contributed by atoms with van der Waals surface area (Å²) in [5.74, 6) is -0.249. The van der Waals surface area contributed by atoms with E-state index in [0.29, 0.717) is 13.2 Å². The van der Waals surface area contributed by atoms with Crippen molar-refractivity contribution in [3.05, 3.63) is 0 Å². The predicted molar refractivity (Wildman–Crippen MR) is 50.4 cm³/mol. The largest absolute Gasteiger partial charge is 0.380 e. The molecule has 0 aliphatic carbocycles. The maximum Gasteiger partial charge on any atom is 0.266 e. The number of ether oxygens (including phenoxy) is 1. The molecular formula is C7H17NO4S. The number of nitrogens with one attached hydrogen (secondary N) is 1. The fourth-order valence-corrected chi connectivity index (χ4v) is 1.12. The van der Waals surface area contributed by atoms with Gasteiger partial charge in [0.1, 0.15) is 0 Å². The zero-order valence-corrected chi connectivity index (χ0v) is 8.64. The molecule has 6 heteroatoms. The van der Waals surface area contributed by atoms with Gasteiger partial charge in [-0.15, -0.1) is 0 Å². The summed E-state index contributed by atoms with van der Waals surface area (Å²) < 4.78 is 34.0. The highest BCUT2D eigenvalue weighted by Gasteiger charge is 2.01. The molecular weight excluding hydrogens is 194 g/mol. The SMILES string of the molecule is CCCOCCNCCS(=O)(=O)O. The lowest BCUT2D eigenvalue weighted by molar-refractivity contribution is 0.137. The third-order valence-corrected chi connectivity index (χ3v) is 2.03. The van der Waals surface area contributed by atoms with Crippen molar-refractivity contribution in [2.75, 3.05) is 32.1 Å². The van der Waals surface area contributed by atoms with Gasteiger partial charge in [0.25, 0.3) is 10.1 Å². The molecule has 0 bridgehead atoms. The third kappa shape index (κ3) is 11.8. The minimum Gasteiger partial charge on any atom is -0.380 e. The summed E-state index contributed by atoms with van der Waals surface area (Å²) in [5.41, 5.74) is 0. The molecule has 80 valence electrons. The molecule has 13 heavy (non-hydrogen) atoms. The number of rotatable bonds is 8. The summed E-state index contributed by atoms with van der Waals surface area (Å²) in [7, 11) is -3.82. The topological polar surface area (TPSA) is 75.6 Å². The molecule has 0 spiro atoms. The van der Waals surface area contributed by atoms with Crippen LogP contribution >= 0.6 is 0 Å². The van der Waals surface area contributed by atoms with Gasteiger partial charge in [-0.3, -0.25) is 4.55 Å². The molecule has 0 aromatic carbocycles. The summed E-state index contributed by atoms with van der Waals surface area (Å²) in [6, 6.07) is 0. The average molecular weight is 211 g/mol. The van der Waals surface area contributed by atoms with E-state index >= 15 is 0 Å². The van der Waals surface area contributed by atoms with Crippen LogP contribution in [0.3, 0.4) is 0 Å². The van der Waals surface area contributed by atoms with E-state index in [2.05, 4.69) is 5.32 Å². The van der Waals surface area contributed by atoms with Gasteiger partial charge in [-0.25, -0.2) is 0 Å². The Morgan fingerprint density at radius 3 is 2.54 bits per heavy atom. The van der Waals surface area contributed by atoms with E-state index in [-0.39, 0.29) is 12.3 Å². The van der Waals surface area contributed by atoms with Crippen molar-refractivity contribution >= 4 is 10.1 Å². The Balaban J connectivity index is 3.09. The number of hydrogen-bond donors (Lipinski definition) is 2. The molecule has 0 saturated carbocycles. The van der Waals surface area contributed by atoms with Crippen LogP contribution in [0.1, 0.15) is 13.3 Å². The maximum atomic E-state index is 10.3. The zero-order chi connectivity index (χ0) is 10.2. The van der Waals surface area contributed by atoms with Gasteiger partial charge in [0.05, 0.1) is 12.4 Å². The van der Waals surface area contributed by atoms with E-state index in [1.807, 2.05) is 6.92 Å². The maximum absolute atomic E-state index is 10.3. The van der Waals surface area contributed by atoms with Crippen LogP contribution in [-0.4, -0.2) is 45.0 Å². The van der Waals surface area contributed by atoms with Crippen LogP contribution in [0.5, 0.6) is 0 Å². The van der Waals surface area contributed by atoms with Gasteiger partial charge in [-0.2, -0.15) is 8.42 Å². The first kappa shape index (κ1) is 12.8. The fourth-order valence-electron chi connectivity index (χ4n) is 0.717. The molecule has 2 N–H and O–H groups in total. The van der Waals surface area contributed by atoms with E-state index in [0.717, 1.165) is 13.0 Å². The minimum absolute atomic E-state index is 0.249. The molecule has 0 aliphatic rings. The molecule has 0 atom stereocenters. The fraction of sp³-hybridized carbons (Fsp3) is 1.00. The van der Waals surface area contributed by atoms with Crippen LogP contribution in [0.25, 0.3) is 0 Å². The molecule has 0 aromatic rings. The minimum atomic E-state index is -3.82. The van der Waals surface area contributed by atoms with Crippen LogP contribution in [-0.2, 0) is 14.9 Å². The molecule has 5 nitrogen and oxygen atoms in total. The molecule has 0 unspecified atom stereocenters. The third-order valence-electron chi connectivity index (χ3n) is 1.31. The zero-order valence-electron chi connectivity index (χ0n) is 7.82. The van der Waals surface area contributed by atoms with Crippen LogP contribution in [0, 0.1) is 0 Å². The second-order valence-electron chi connectivity index (χ2n) is 2.65. The summed E-state index contributed by atoms with van der Waals surface area (Å²) in [5, 5.41) is 2.84. The first-order chi connectivity index (χ1) is 6.06. The first-order valence-electron chi connectivity index (χ1n) is 4.30. The van der Waals surface area contributed by atoms with Crippen LogP contribution in [0.2, 0.25) is 0 Å². The van der Waals surface area contributed by atoms with Crippen LogP contribution in [0.15, 0.2) is 0 Å². The van der Waals surface area contributed by atoms with Crippen LogP contribution < -0.4 is 5.32 Å². The lowest BCUT2D eigenvalue weighted by Crippen LogP contribution is -2.26. The monoisotopic (exact) mass is 211 g/mol. The second-order valence-corrected chi connectivity index (χ2v) is 4.22. The van der Waals surface area contributed by atoms with Crippen molar-refractivity contribution in [3.63, 3.8) is 0 Å². The van der Waals surface area contributed by atoms with E-state index in [4.69, 9.17) is 9.29 Å². The molecule has 0 aliphatic heterocycles. The summed E-state index contributed by atoms with van der Waals surface area (Å²) in [6.07, 6.45) is 0.977. The quantitative estimate of drug-likeness (QED) is 0.433. The highest BCUT2D eigenvalue weighted by atomic mass is 32.2. The van der Waals surface area contributed by atoms with Gasteiger partial charge in [-0.1, -0.05) is 6.92 Å². The molecule has 0 saturated heterocycles. The van der Waals surface area contributed by atoms with Crippen molar-refractivity contribution in [1.29, 1.82) is 0 Å². The first-order valence-corrected chi connectivity index (χ1v) is 5.91. The van der Waals surface area contributed by atoms with Crippen molar-refractivity contribution in [2.45, 2.75) is 13.3 Å². The Labute approximate surface area is 79.2 Å². The normalized spacial score (nSPS) is 11.8. The molecule has 0 aromatic heterocycles. The smallest absolute Gasteiger partial charge is 0.266 e. The number of hydrogen-bond acceptors (Lipinski definition) is 4. The van der Waals surface area contributed by atoms with E-state index in [1.54, 1.807) is 0 Å². The van der Waals surface area contributed by atoms with Crippen molar-refractivity contribution in [2.24, 2.45) is 0 Å². The van der Waals surface area contributed by atoms with E-state index < -0.39 is 10.1 Å². The van der Waals surface area contributed by atoms with Crippen molar-refractivity contribution in [1.82, 2.24) is 5.32 Å². The molecule has 0 rings (SSSR count). The Bertz CT molecular complexity index is 203. The van der Waals surface area contributed by atoms with Crippen LogP contribution in [0.4, 0.5) is 0 Å². The van der Waals surface area contributed by atoms with Gasteiger partial charge < -0.3 is 10.1 Å². The Morgan fingerprint density at radius 2 is 2.00 bits per heavy atom. The Kier molecular flexibility index (Phi) is 7.16. The Morgan fingerprint density at radius 1 is 1.31 bits per heavy atom. The van der Waals surface area contributed by atoms with Gasteiger partial charge in [0, 0.05) is 19.7 Å². The highest BCUT2D eigenvalue weighted by molar-refractivity contribution is 7.85. The molecule has 0 heterocycles. The van der Waals surface area contributed by atoms with E-state index in [1.165, 1.54) is 0 Å². The molecule has 0 fully saturated rings. The lowest BCUT2D eigenvalue weighted by atomic mass is 10.5. The second kappa shape index (κ2) is 7.25. The van der Waals surface area contributed by atoms with Gasteiger partial charge in [0.15, 0.2) is 0 Å². The lowest BCUT2D eigenvalue weighted by Gasteiger charge is -2.03. The summed E-state index contributed by atoms with van der Waals surface area (Å²) in [4.78, 5) is 0. The molecule has 0 amide bonds. The standard InChI is InChI=1S/C7H17NO4S/c1-2-5-12-6-3-8-4-7-13(9,10)11/h8H,2-7H2,1H3,(H,9,10,11). The predicted octanol–water partition coefficient (Wildman–Crippen LogP) is -0.110. The van der Waals surface area contributed by atoms with Crippen molar-refractivity contribution in [3.8, 4) is 0 Å². The molecule has 0 radical (unpaired) electrons. The average Bonchev–Trinajstić information content (AvgIpc) is 2.01. The van der Waals surface area contributed by atoms with Crippen molar-refractivity contribution < 1.29 is 17.7 Å². The van der Waals surface area contributed by atoms with E-state index in [9.17, 15) is 8.42 Å². The highest BCUT2D eigenvalue weighted by Crippen LogP contribution is 1.80. The summed E-state index contributed by atoms with van der Waals surface area (Å²) in [6.45, 7) is 4.18. The van der Waals surface area contributed by atoms with Gasteiger partial charge in [0.2, 0.25) is 0 Å². The summed E-state index contributed by atoms with van der Waals surface area (Å²) >= 11 is 0. The van der Waals surface area contributed by atoms with Gasteiger partial charge >= 0.3 is 0 Å². The Hall–Kier alpha value is -0.170. The van der Waals surface area contributed by atoms with Gasteiger partial charge in [-0.05, 0) is 6.42 Å².